The molecule has 4 nitrogen and oxygen atoms in total. The number of anilines is 1. The van der Waals surface area contributed by atoms with Crippen molar-refractivity contribution in [1.82, 2.24) is 5.32 Å². The fourth-order valence-electron chi connectivity index (χ4n) is 1.38. The molecule has 0 saturated carbocycles. The Morgan fingerprint density at radius 3 is 2.69 bits per heavy atom. The normalized spacial score (nSPS) is 10.2. The number of hydrogen-bond acceptors (Lipinski definition) is 3. The predicted octanol–water partition coefficient (Wildman–Crippen LogP) is 1.75. The maximum Gasteiger partial charge on any atom is 0.253 e. The Morgan fingerprint density at radius 2 is 2.06 bits per heavy atom. The van der Waals surface area contributed by atoms with Crippen LogP contribution in [0.15, 0.2) is 24.3 Å². The highest BCUT2D eigenvalue weighted by Crippen LogP contribution is 2.13. The van der Waals surface area contributed by atoms with Crippen LogP contribution in [-0.4, -0.2) is 12.5 Å². The molecule has 0 heterocycles. The fourth-order valence-corrected chi connectivity index (χ4v) is 1.38. The topological polar surface area (TPSA) is 67.2 Å². The maximum absolute atomic E-state index is 11.8. The van der Waals surface area contributed by atoms with Gasteiger partial charge in [0.05, 0.1) is 11.3 Å². The van der Waals surface area contributed by atoms with E-state index in [9.17, 15) is 4.79 Å². The molecule has 0 saturated heterocycles. The van der Waals surface area contributed by atoms with Crippen LogP contribution >= 0.6 is 0 Å². The van der Waals surface area contributed by atoms with Crippen molar-refractivity contribution >= 4 is 11.6 Å². The van der Waals surface area contributed by atoms with Crippen molar-refractivity contribution < 1.29 is 4.79 Å². The lowest BCUT2D eigenvalue weighted by molar-refractivity contribution is 0.0953. The van der Waals surface area contributed by atoms with Gasteiger partial charge in [0, 0.05) is 6.54 Å². The quantitative estimate of drug-likeness (QED) is 0.524. The van der Waals surface area contributed by atoms with E-state index >= 15 is 0 Å². The Kier molecular flexibility index (Phi) is 4.79. The van der Waals surface area contributed by atoms with Gasteiger partial charge in [-0.3, -0.25) is 10.6 Å². The van der Waals surface area contributed by atoms with E-state index in [1.54, 1.807) is 12.1 Å². The van der Waals surface area contributed by atoms with Gasteiger partial charge in [0.2, 0.25) is 0 Å². The minimum atomic E-state index is -0.0887. The molecule has 0 aliphatic carbocycles. The van der Waals surface area contributed by atoms with Gasteiger partial charge < -0.3 is 10.7 Å². The number of nitrogen functional groups attached to an aromatic ring is 1. The second-order valence-electron chi connectivity index (χ2n) is 4.13. The molecule has 0 atom stereocenters. The van der Waals surface area contributed by atoms with Crippen molar-refractivity contribution in [3.8, 4) is 0 Å². The van der Waals surface area contributed by atoms with E-state index in [1.165, 1.54) is 0 Å². The molecule has 4 N–H and O–H groups in total. The first-order valence-corrected chi connectivity index (χ1v) is 5.49. The van der Waals surface area contributed by atoms with E-state index in [1.807, 2.05) is 12.1 Å². The van der Waals surface area contributed by atoms with Gasteiger partial charge in [-0.05, 0) is 24.5 Å². The summed E-state index contributed by atoms with van der Waals surface area (Å²) in [5.74, 6) is 5.83. The van der Waals surface area contributed by atoms with Crippen molar-refractivity contribution in [3.63, 3.8) is 0 Å². The maximum atomic E-state index is 11.8. The molecule has 1 aromatic rings. The Labute approximate surface area is 96.2 Å². The molecule has 0 bridgehead atoms. The summed E-state index contributed by atoms with van der Waals surface area (Å²) in [6, 6.07) is 7.18. The van der Waals surface area contributed by atoms with Crippen LogP contribution in [0, 0.1) is 5.92 Å². The largest absolute Gasteiger partial charge is 0.352 e. The van der Waals surface area contributed by atoms with E-state index in [4.69, 9.17) is 5.84 Å². The van der Waals surface area contributed by atoms with Crippen LogP contribution in [-0.2, 0) is 0 Å². The highest BCUT2D eigenvalue weighted by atomic mass is 16.1. The number of benzene rings is 1. The van der Waals surface area contributed by atoms with Crippen LogP contribution in [0.3, 0.4) is 0 Å². The summed E-state index contributed by atoms with van der Waals surface area (Å²) >= 11 is 0. The summed E-state index contributed by atoms with van der Waals surface area (Å²) in [6.45, 7) is 4.94. The fraction of sp³-hybridized carbons (Fsp3) is 0.417. The molecule has 0 spiro atoms. The van der Waals surface area contributed by atoms with Crippen LogP contribution in [0.5, 0.6) is 0 Å². The minimum Gasteiger partial charge on any atom is -0.352 e. The Morgan fingerprint density at radius 1 is 1.38 bits per heavy atom. The highest BCUT2D eigenvalue weighted by molar-refractivity contribution is 5.99. The Bertz CT molecular complexity index is 350. The van der Waals surface area contributed by atoms with E-state index in [0.717, 1.165) is 6.42 Å². The van der Waals surface area contributed by atoms with Gasteiger partial charge >= 0.3 is 0 Å². The monoisotopic (exact) mass is 221 g/mol. The first kappa shape index (κ1) is 12.5. The summed E-state index contributed by atoms with van der Waals surface area (Å²) in [7, 11) is 0. The van der Waals surface area contributed by atoms with Gasteiger partial charge in [-0.2, -0.15) is 0 Å². The lowest BCUT2D eigenvalue weighted by Gasteiger charge is -2.10. The minimum absolute atomic E-state index is 0.0887. The molecular weight excluding hydrogens is 202 g/mol. The number of para-hydroxylation sites is 1. The number of nitrogens with two attached hydrogens (primary N) is 1. The van der Waals surface area contributed by atoms with Crippen LogP contribution in [0.4, 0.5) is 5.69 Å². The summed E-state index contributed by atoms with van der Waals surface area (Å²) in [5, 5.41) is 2.87. The Balaban J connectivity index is 2.59. The summed E-state index contributed by atoms with van der Waals surface area (Å²) in [5.41, 5.74) is 3.74. The molecule has 0 radical (unpaired) electrons. The van der Waals surface area contributed by atoms with Crippen molar-refractivity contribution in [2.45, 2.75) is 20.3 Å². The highest BCUT2D eigenvalue weighted by Gasteiger charge is 2.09. The van der Waals surface area contributed by atoms with Crippen LogP contribution < -0.4 is 16.6 Å². The average Bonchev–Trinajstić information content (AvgIpc) is 2.28. The van der Waals surface area contributed by atoms with Crippen molar-refractivity contribution in [3.05, 3.63) is 29.8 Å². The molecule has 1 aromatic carbocycles. The molecule has 1 amide bonds. The van der Waals surface area contributed by atoms with Crippen LogP contribution in [0.25, 0.3) is 0 Å². The standard InChI is InChI=1S/C12H19N3O/c1-9(2)7-8-14-12(16)10-5-3-4-6-11(10)15-13/h3-6,9,15H,7-8,13H2,1-2H3,(H,14,16). The molecule has 0 aliphatic heterocycles. The molecule has 88 valence electrons. The summed E-state index contributed by atoms with van der Waals surface area (Å²) in [4.78, 5) is 11.8. The van der Waals surface area contributed by atoms with Gasteiger partial charge in [-0.1, -0.05) is 26.0 Å². The summed E-state index contributed by atoms with van der Waals surface area (Å²) < 4.78 is 0. The zero-order chi connectivity index (χ0) is 12.0. The van der Waals surface area contributed by atoms with E-state index in [-0.39, 0.29) is 5.91 Å². The lowest BCUT2D eigenvalue weighted by atomic mass is 10.1. The first-order valence-electron chi connectivity index (χ1n) is 5.49. The third kappa shape index (κ3) is 3.55. The molecule has 1 rings (SSSR count). The molecule has 0 fully saturated rings. The summed E-state index contributed by atoms with van der Waals surface area (Å²) in [6.07, 6.45) is 0.976. The second kappa shape index (κ2) is 6.12. The van der Waals surface area contributed by atoms with Gasteiger partial charge in [-0.15, -0.1) is 0 Å². The lowest BCUT2D eigenvalue weighted by Crippen LogP contribution is -2.26. The smallest absolute Gasteiger partial charge is 0.253 e. The van der Waals surface area contributed by atoms with Crippen LogP contribution in [0.1, 0.15) is 30.6 Å². The van der Waals surface area contributed by atoms with Gasteiger partial charge in [0.1, 0.15) is 0 Å². The molecular formula is C12H19N3O. The number of hydrazine groups is 1. The van der Waals surface area contributed by atoms with Crippen LogP contribution in [0.2, 0.25) is 0 Å². The number of rotatable bonds is 5. The molecule has 0 unspecified atom stereocenters. The zero-order valence-corrected chi connectivity index (χ0v) is 9.79. The molecule has 16 heavy (non-hydrogen) atoms. The second-order valence-corrected chi connectivity index (χ2v) is 4.13. The van der Waals surface area contributed by atoms with E-state index in [0.29, 0.717) is 23.7 Å². The van der Waals surface area contributed by atoms with Gasteiger partial charge in [0.15, 0.2) is 0 Å². The Hall–Kier alpha value is -1.55. The third-order valence-electron chi connectivity index (χ3n) is 2.33. The van der Waals surface area contributed by atoms with E-state index < -0.39 is 0 Å². The molecule has 0 aliphatic rings. The predicted molar refractivity (Wildman–Crippen MR) is 66.0 cm³/mol. The SMILES string of the molecule is CC(C)CCNC(=O)c1ccccc1NN. The molecule has 0 aromatic heterocycles. The van der Waals surface area contributed by atoms with Crippen molar-refractivity contribution in [1.29, 1.82) is 0 Å². The van der Waals surface area contributed by atoms with Gasteiger partial charge in [0.25, 0.3) is 5.91 Å². The number of hydrogen-bond donors (Lipinski definition) is 3. The third-order valence-corrected chi connectivity index (χ3v) is 2.33. The zero-order valence-electron chi connectivity index (χ0n) is 9.79. The van der Waals surface area contributed by atoms with Crippen molar-refractivity contribution in [2.75, 3.05) is 12.0 Å². The van der Waals surface area contributed by atoms with E-state index in [2.05, 4.69) is 24.6 Å². The number of amides is 1. The number of nitrogens with one attached hydrogen (secondary N) is 2. The number of carbonyl (C=O) groups is 1. The van der Waals surface area contributed by atoms with Crippen molar-refractivity contribution in [2.24, 2.45) is 11.8 Å². The molecule has 4 heteroatoms. The van der Waals surface area contributed by atoms with Gasteiger partial charge in [-0.25, -0.2) is 0 Å². The average molecular weight is 221 g/mol. The number of carbonyl (C=O) groups excluding carboxylic acids is 1. The first-order chi connectivity index (χ1) is 7.65.